The Morgan fingerprint density at radius 3 is 2.77 bits per heavy atom. The molecule has 0 bridgehead atoms. The van der Waals surface area contributed by atoms with Crippen molar-refractivity contribution in [3.63, 3.8) is 0 Å². The lowest BCUT2D eigenvalue weighted by Gasteiger charge is -2.16. The quantitative estimate of drug-likeness (QED) is 0.595. The second-order valence-electron chi connectivity index (χ2n) is 5.98. The molecule has 7 heteroatoms. The van der Waals surface area contributed by atoms with Crippen LogP contribution >= 0.6 is 23.2 Å². The average Bonchev–Trinajstić information content (AvgIpc) is 2.99. The van der Waals surface area contributed by atoms with Gasteiger partial charge >= 0.3 is 0 Å². The van der Waals surface area contributed by atoms with Crippen molar-refractivity contribution in [3.8, 4) is 5.75 Å². The van der Waals surface area contributed by atoms with E-state index in [0.29, 0.717) is 10.6 Å². The molecule has 26 heavy (non-hydrogen) atoms. The van der Waals surface area contributed by atoms with Gasteiger partial charge in [-0.15, -0.1) is 0 Å². The second-order valence-corrected chi connectivity index (χ2v) is 6.79. The van der Waals surface area contributed by atoms with Crippen molar-refractivity contribution >= 4 is 40.0 Å². The first-order valence-electron chi connectivity index (χ1n) is 7.97. The third-order valence-electron chi connectivity index (χ3n) is 4.21. The molecule has 2 aromatic carbocycles. The van der Waals surface area contributed by atoms with Gasteiger partial charge in [0, 0.05) is 22.1 Å². The Kier molecular flexibility index (Phi) is 5.39. The van der Waals surface area contributed by atoms with Crippen molar-refractivity contribution in [2.75, 3.05) is 7.11 Å². The summed E-state index contributed by atoms with van der Waals surface area (Å²) in [4.78, 5) is 15.6. The van der Waals surface area contributed by atoms with E-state index < -0.39 is 11.9 Å². The molecule has 1 aromatic heterocycles. The second kappa shape index (κ2) is 7.56. The summed E-state index contributed by atoms with van der Waals surface area (Å²) in [7, 11) is 1.59. The molecular formula is C19H17Cl2FN2O2. The maximum absolute atomic E-state index is 13.7. The molecule has 3 rings (SSSR count). The topological polar surface area (TPSA) is 54.1 Å². The normalized spacial score (nSPS) is 12.2. The molecule has 0 saturated carbocycles. The molecule has 0 aliphatic carbocycles. The van der Waals surface area contributed by atoms with Gasteiger partial charge in [-0.25, -0.2) is 4.39 Å². The highest BCUT2D eigenvalue weighted by Gasteiger charge is 2.17. The number of amides is 1. The van der Waals surface area contributed by atoms with Crippen molar-refractivity contribution in [1.82, 2.24) is 10.3 Å². The number of carbonyl (C=O) groups is 1. The van der Waals surface area contributed by atoms with E-state index in [4.69, 9.17) is 27.9 Å². The number of halogens is 3. The number of aromatic amines is 1. The smallest absolute Gasteiger partial charge is 0.224 e. The van der Waals surface area contributed by atoms with Crippen LogP contribution in [0.5, 0.6) is 5.75 Å². The Hall–Kier alpha value is -2.24. The number of carbonyl (C=O) groups excluding carboxylic acids is 1. The van der Waals surface area contributed by atoms with Gasteiger partial charge in [-0.05, 0) is 48.4 Å². The monoisotopic (exact) mass is 394 g/mol. The number of nitrogens with one attached hydrogen (secondary N) is 2. The Morgan fingerprint density at radius 2 is 2.04 bits per heavy atom. The summed E-state index contributed by atoms with van der Waals surface area (Å²) >= 11 is 11.8. The Labute approximate surface area is 160 Å². The Bertz CT molecular complexity index is 972. The van der Waals surface area contributed by atoms with E-state index in [9.17, 15) is 9.18 Å². The highest BCUT2D eigenvalue weighted by Crippen LogP contribution is 2.29. The lowest BCUT2D eigenvalue weighted by molar-refractivity contribution is -0.121. The average molecular weight is 395 g/mol. The van der Waals surface area contributed by atoms with Crippen LogP contribution in [0.2, 0.25) is 10.0 Å². The third-order valence-corrected chi connectivity index (χ3v) is 4.83. The third kappa shape index (κ3) is 3.79. The Morgan fingerprint density at radius 1 is 1.27 bits per heavy atom. The number of benzene rings is 2. The predicted molar refractivity (Wildman–Crippen MR) is 102 cm³/mol. The van der Waals surface area contributed by atoms with Crippen LogP contribution in [0.1, 0.15) is 24.1 Å². The Balaban J connectivity index is 1.76. The molecule has 0 aliphatic heterocycles. The van der Waals surface area contributed by atoms with Gasteiger partial charge in [0.05, 0.1) is 24.6 Å². The SMILES string of the molecule is COc1ccc2[nH]cc(CC(=O)NC(C)c3cc(F)c(Cl)cc3Cl)c2c1. The molecule has 3 aromatic rings. The van der Waals surface area contributed by atoms with Crippen molar-refractivity contribution in [2.45, 2.75) is 19.4 Å². The predicted octanol–water partition coefficient (Wildman–Crippen LogP) is 5.04. The van der Waals surface area contributed by atoms with Crippen LogP contribution in [0.15, 0.2) is 36.5 Å². The number of fused-ring (bicyclic) bond motifs is 1. The number of H-pyrrole nitrogens is 1. The summed E-state index contributed by atoms with van der Waals surface area (Å²) < 4.78 is 18.9. The number of rotatable bonds is 5. The molecular weight excluding hydrogens is 378 g/mol. The highest BCUT2D eigenvalue weighted by atomic mass is 35.5. The zero-order valence-corrected chi connectivity index (χ0v) is 15.7. The van der Waals surface area contributed by atoms with Crippen LogP contribution < -0.4 is 10.1 Å². The fourth-order valence-electron chi connectivity index (χ4n) is 2.84. The highest BCUT2D eigenvalue weighted by molar-refractivity contribution is 6.35. The number of methoxy groups -OCH3 is 1. The van der Waals surface area contributed by atoms with Crippen LogP contribution in [0.25, 0.3) is 10.9 Å². The van der Waals surface area contributed by atoms with Crippen LogP contribution in [0, 0.1) is 5.82 Å². The summed E-state index contributed by atoms with van der Waals surface area (Å²) in [6.45, 7) is 1.74. The zero-order valence-electron chi connectivity index (χ0n) is 14.2. The fraction of sp³-hybridized carbons (Fsp3) is 0.211. The minimum Gasteiger partial charge on any atom is -0.497 e. The van der Waals surface area contributed by atoms with Crippen molar-refractivity contribution in [2.24, 2.45) is 0 Å². The van der Waals surface area contributed by atoms with Gasteiger partial charge in [0.2, 0.25) is 5.91 Å². The molecule has 0 radical (unpaired) electrons. The molecule has 1 heterocycles. The van der Waals surface area contributed by atoms with Gasteiger partial charge in [0.25, 0.3) is 0 Å². The molecule has 136 valence electrons. The van der Waals surface area contributed by atoms with Crippen LogP contribution in [0.4, 0.5) is 4.39 Å². The lowest BCUT2D eigenvalue weighted by atomic mass is 10.1. The van der Waals surface area contributed by atoms with E-state index in [1.165, 1.54) is 12.1 Å². The minimum atomic E-state index is -0.573. The number of hydrogen-bond acceptors (Lipinski definition) is 2. The van der Waals surface area contributed by atoms with E-state index in [-0.39, 0.29) is 17.4 Å². The van der Waals surface area contributed by atoms with Crippen molar-refractivity contribution < 1.29 is 13.9 Å². The maximum Gasteiger partial charge on any atom is 0.224 e. The summed E-state index contributed by atoms with van der Waals surface area (Å²) in [5.74, 6) is -0.0564. The fourth-order valence-corrected chi connectivity index (χ4v) is 3.39. The standard InChI is InChI=1S/C19H17Cl2FN2O2/c1-10(13-7-17(22)16(21)8-15(13)20)24-19(25)5-11-9-23-18-4-3-12(26-2)6-14(11)18/h3-4,6-10,23H,5H2,1-2H3,(H,24,25). The van der Waals surface area contributed by atoms with Crippen LogP contribution in [-0.4, -0.2) is 18.0 Å². The van der Waals surface area contributed by atoms with Crippen LogP contribution in [0.3, 0.4) is 0 Å². The van der Waals surface area contributed by atoms with E-state index >= 15 is 0 Å². The number of hydrogen-bond donors (Lipinski definition) is 2. The molecule has 1 unspecified atom stereocenters. The molecule has 0 aliphatic rings. The van der Waals surface area contributed by atoms with Gasteiger partial charge in [0.15, 0.2) is 0 Å². The van der Waals surface area contributed by atoms with Crippen LogP contribution in [-0.2, 0) is 11.2 Å². The van der Waals surface area contributed by atoms with Gasteiger partial charge in [-0.2, -0.15) is 0 Å². The first kappa shape index (κ1) is 18.5. The van der Waals surface area contributed by atoms with Gasteiger partial charge < -0.3 is 15.0 Å². The van der Waals surface area contributed by atoms with E-state index in [1.807, 2.05) is 18.2 Å². The van der Waals surface area contributed by atoms with E-state index in [2.05, 4.69) is 10.3 Å². The van der Waals surface area contributed by atoms with Gasteiger partial charge in [-0.1, -0.05) is 23.2 Å². The van der Waals surface area contributed by atoms with Gasteiger partial charge in [0.1, 0.15) is 11.6 Å². The van der Waals surface area contributed by atoms with Crippen molar-refractivity contribution in [1.29, 1.82) is 0 Å². The summed E-state index contributed by atoms with van der Waals surface area (Å²) in [5.41, 5.74) is 2.24. The molecule has 1 atom stereocenters. The molecule has 1 amide bonds. The maximum atomic E-state index is 13.7. The van der Waals surface area contributed by atoms with E-state index in [0.717, 1.165) is 22.2 Å². The molecule has 0 spiro atoms. The first-order chi connectivity index (χ1) is 12.4. The molecule has 2 N–H and O–H groups in total. The zero-order chi connectivity index (χ0) is 18.8. The molecule has 4 nitrogen and oxygen atoms in total. The minimum absolute atomic E-state index is 0.0509. The molecule has 0 saturated heterocycles. The lowest BCUT2D eigenvalue weighted by Crippen LogP contribution is -2.28. The molecule has 0 fully saturated rings. The van der Waals surface area contributed by atoms with E-state index in [1.54, 1.807) is 20.2 Å². The van der Waals surface area contributed by atoms with Crippen molar-refractivity contribution in [3.05, 3.63) is 63.5 Å². The largest absolute Gasteiger partial charge is 0.497 e. The number of ether oxygens (including phenoxy) is 1. The summed E-state index contributed by atoms with van der Waals surface area (Å²) in [5, 5.41) is 4.01. The summed E-state index contributed by atoms with van der Waals surface area (Å²) in [6.07, 6.45) is 1.97. The first-order valence-corrected chi connectivity index (χ1v) is 8.72. The summed E-state index contributed by atoms with van der Waals surface area (Å²) in [6, 6.07) is 7.75. The number of aromatic nitrogens is 1. The van der Waals surface area contributed by atoms with Gasteiger partial charge in [-0.3, -0.25) is 4.79 Å².